The van der Waals surface area contributed by atoms with Gasteiger partial charge in [-0.05, 0) is 60.7 Å². The lowest BCUT2D eigenvalue weighted by Gasteiger charge is -2.13. The predicted octanol–water partition coefficient (Wildman–Crippen LogP) is 3.96. The summed E-state index contributed by atoms with van der Waals surface area (Å²) in [7, 11) is 0. The number of carboxylic acids is 1. The van der Waals surface area contributed by atoms with Crippen LogP contribution in [0.5, 0.6) is 11.5 Å². The van der Waals surface area contributed by atoms with E-state index in [1.54, 1.807) is 30.3 Å². The van der Waals surface area contributed by atoms with Gasteiger partial charge in [0, 0.05) is 5.56 Å². The van der Waals surface area contributed by atoms with Crippen molar-refractivity contribution in [3.63, 3.8) is 0 Å². The van der Waals surface area contributed by atoms with Crippen molar-refractivity contribution in [2.45, 2.75) is 0 Å². The topological polar surface area (TPSA) is 83.9 Å². The van der Waals surface area contributed by atoms with E-state index in [-0.39, 0.29) is 16.7 Å². The monoisotopic (exact) mass is 383 g/mol. The number of rotatable bonds is 4. The Morgan fingerprint density at radius 1 is 0.897 bits per heavy atom. The molecular formula is C23H13NO5. The molecule has 4 rings (SSSR count). The van der Waals surface area contributed by atoms with Crippen LogP contribution in [0.3, 0.4) is 0 Å². The van der Waals surface area contributed by atoms with E-state index in [4.69, 9.17) is 16.3 Å². The van der Waals surface area contributed by atoms with Crippen molar-refractivity contribution in [2.75, 3.05) is 4.90 Å². The van der Waals surface area contributed by atoms with Gasteiger partial charge in [-0.25, -0.2) is 9.69 Å². The quantitative estimate of drug-likeness (QED) is 0.545. The van der Waals surface area contributed by atoms with E-state index in [0.29, 0.717) is 22.7 Å². The molecule has 0 atom stereocenters. The minimum absolute atomic E-state index is 0.136. The summed E-state index contributed by atoms with van der Waals surface area (Å²) in [6.45, 7) is 0. The van der Waals surface area contributed by atoms with Gasteiger partial charge in [0.1, 0.15) is 11.5 Å². The minimum Gasteiger partial charge on any atom is -0.478 e. The predicted molar refractivity (Wildman–Crippen MR) is 105 cm³/mol. The summed E-state index contributed by atoms with van der Waals surface area (Å²) in [5.41, 5.74) is 1.60. The Kier molecular flexibility index (Phi) is 4.34. The second kappa shape index (κ2) is 6.98. The number of imide groups is 1. The first-order chi connectivity index (χ1) is 14.0. The highest BCUT2D eigenvalue weighted by Crippen LogP contribution is 2.32. The Labute approximate surface area is 166 Å². The van der Waals surface area contributed by atoms with Crippen LogP contribution in [0, 0.1) is 12.3 Å². The third-order valence-corrected chi connectivity index (χ3v) is 4.47. The fraction of sp³-hybridized carbons (Fsp3) is 0. The number of ether oxygens (including phenoxy) is 1. The van der Waals surface area contributed by atoms with E-state index < -0.39 is 17.8 Å². The van der Waals surface area contributed by atoms with Gasteiger partial charge in [0.15, 0.2) is 0 Å². The number of aromatic carboxylic acids is 1. The Hall–Kier alpha value is -4.37. The first kappa shape index (κ1) is 18.0. The normalized spacial score (nSPS) is 12.4. The molecule has 1 aliphatic rings. The van der Waals surface area contributed by atoms with Crippen molar-refractivity contribution < 1.29 is 24.2 Å². The second-order valence-corrected chi connectivity index (χ2v) is 6.28. The SMILES string of the molecule is C#Cc1cccc(N2C(=O)c3ccc(Oc4ccc(C(=O)O)cc4)cc3C2=O)c1. The fourth-order valence-electron chi connectivity index (χ4n) is 3.05. The summed E-state index contributed by atoms with van der Waals surface area (Å²) >= 11 is 0. The average molecular weight is 383 g/mol. The number of nitrogens with zero attached hydrogens (tertiary/aromatic N) is 1. The lowest BCUT2D eigenvalue weighted by atomic mass is 10.1. The van der Waals surface area contributed by atoms with Crippen LogP contribution in [0.15, 0.2) is 66.7 Å². The van der Waals surface area contributed by atoms with Gasteiger partial charge in [0.25, 0.3) is 11.8 Å². The molecule has 29 heavy (non-hydrogen) atoms. The Balaban J connectivity index is 1.63. The third-order valence-electron chi connectivity index (χ3n) is 4.47. The smallest absolute Gasteiger partial charge is 0.335 e. The first-order valence-electron chi connectivity index (χ1n) is 8.58. The maximum Gasteiger partial charge on any atom is 0.335 e. The van der Waals surface area contributed by atoms with Gasteiger partial charge in [0.2, 0.25) is 0 Å². The van der Waals surface area contributed by atoms with Crippen LogP contribution < -0.4 is 9.64 Å². The zero-order valence-corrected chi connectivity index (χ0v) is 15.0. The standard InChI is InChI=1S/C23H13NO5/c1-2-14-4-3-5-16(12-14)24-21(25)19-11-10-18(13-20(19)22(24)26)29-17-8-6-15(7-9-17)23(27)28/h1,3-13H,(H,27,28). The number of fused-ring (bicyclic) bond motifs is 1. The number of anilines is 1. The molecule has 1 aliphatic heterocycles. The number of hydrogen-bond acceptors (Lipinski definition) is 4. The zero-order chi connectivity index (χ0) is 20.5. The van der Waals surface area contributed by atoms with Crippen molar-refractivity contribution in [3.8, 4) is 23.8 Å². The largest absolute Gasteiger partial charge is 0.478 e. The van der Waals surface area contributed by atoms with Gasteiger partial charge in [-0.15, -0.1) is 6.42 Å². The summed E-state index contributed by atoms with van der Waals surface area (Å²) in [5, 5.41) is 8.95. The molecule has 0 spiro atoms. The highest BCUT2D eigenvalue weighted by atomic mass is 16.5. The molecule has 1 heterocycles. The lowest BCUT2D eigenvalue weighted by molar-refractivity contribution is 0.0696. The molecule has 0 radical (unpaired) electrons. The summed E-state index contributed by atoms with van der Waals surface area (Å²) in [4.78, 5) is 37.6. The number of carbonyl (C=O) groups excluding carboxylic acids is 2. The second-order valence-electron chi connectivity index (χ2n) is 6.28. The Bertz CT molecular complexity index is 1200. The van der Waals surface area contributed by atoms with Gasteiger partial charge in [-0.1, -0.05) is 12.0 Å². The van der Waals surface area contributed by atoms with Gasteiger partial charge in [-0.3, -0.25) is 9.59 Å². The molecule has 6 nitrogen and oxygen atoms in total. The van der Waals surface area contributed by atoms with Crippen LogP contribution in [-0.2, 0) is 0 Å². The molecule has 0 saturated heterocycles. The van der Waals surface area contributed by atoms with Gasteiger partial charge in [0.05, 0.1) is 22.4 Å². The molecule has 6 heteroatoms. The Morgan fingerprint density at radius 2 is 1.59 bits per heavy atom. The van der Waals surface area contributed by atoms with E-state index in [0.717, 1.165) is 4.90 Å². The maximum absolute atomic E-state index is 12.9. The highest BCUT2D eigenvalue weighted by molar-refractivity contribution is 6.34. The number of terminal acetylenes is 1. The van der Waals surface area contributed by atoms with E-state index in [1.165, 1.54) is 36.4 Å². The third kappa shape index (κ3) is 3.22. The molecule has 0 aromatic heterocycles. The van der Waals surface area contributed by atoms with Gasteiger partial charge >= 0.3 is 5.97 Å². The van der Waals surface area contributed by atoms with Crippen LogP contribution in [-0.4, -0.2) is 22.9 Å². The molecule has 1 N–H and O–H groups in total. The number of amides is 2. The summed E-state index contributed by atoms with van der Waals surface area (Å²) in [5.74, 6) is 1.31. The molecule has 0 bridgehead atoms. The summed E-state index contributed by atoms with van der Waals surface area (Å²) in [6, 6.07) is 17.1. The van der Waals surface area contributed by atoms with Crippen molar-refractivity contribution >= 4 is 23.5 Å². The van der Waals surface area contributed by atoms with Crippen molar-refractivity contribution in [1.82, 2.24) is 0 Å². The maximum atomic E-state index is 12.9. The molecule has 3 aromatic rings. The van der Waals surface area contributed by atoms with Crippen LogP contribution in [0.25, 0.3) is 0 Å². The van der Waals surface area contributed by atoms with Gasteiger partial charge in [-0.2, -0.15) is 0 Å². The molecule has 0 saturated carbocycles. The van der Waals surface area contributed by atoms with E-state index in [1.807, 2.05) is 0 Å². The number of benzene rings is 3. The summed E-state index contributed by atoms with van der Waals surface area (Å²) < 4.78 is 5.70. The van der Waals surface area contributed by atoms with Crippen LogP contribution in [0.1, 0.15) is 36.6 Å². The highest BCUT2D eigenvalue weighted by Gasteiger charge is 2.37. The van der Waals surface area contributed by atoms with Crippen molar-refractivity contribution in [1.29, 1.82) is 0 Å². The number of hydrogen-bond donors (Lipinski definition) is 1. The van der Waals surface area contributed by atoms with E-state index >= 15 is 0 Å². The molecule has 0 unspecified atom stereocenters. The summed E-state index contributed by atoms with van der Waals surface area (Å²) in [6.07, 6.45) is 5.40. The molecule has 140 valence electrons. The number of carbonyl (C=O) groups is 3. The average Bonchev–Trinajstić information content (AvgIpc) is 2.98. The first-order valence-corrected chi connectivity index (χ1v) is 8.58. The molecule has 3 aromatic carbocycles. The molecule has 0 fully saturated rings. The van der Waals surface area contributed by atoms with Crippen LogP contribution >= 0.6 is 0 Å². The number of carboxylic acid groups (broad SMARTS) is 1. The Morgan fingerprint density at radius 3 is 2.28 bits per heavy atom. The van der Waals surface area contributed by atoms with Crippen molar-refractivity contribution in [2.24, 2.45) is 0 Å². The van der Waals surface area contributed by atoms with Crippen LogP contribution in [0.2, 0.25) is 0 Å². The molecule has 2 amide bonds. The zero-order valence-electron chi connectivity index (χ0n) is 15.0. The van der Waals surface area contributed by atoms with Gasteiger partial charge < -0.3 is 9.84 Å². The lowest BCUT2D eigenvalue weighted by Crippen LogP contribution is -2.29. The van der Waals surface area contributed by atoms with E-state index in [9.17, 15) is 14.4 Å². The molecule has 0 aliphatic carbocycles. The van der Waals surface area contributed by atoms with Crippen LogP contribution in [0.4, 0.5) is 5.69 Å². The fourth-order valence-corrected chi connectivity index (χ4v) is 3.05. The van der Waals surface area contributed by atoms with Crippen molar-refractivity contribution in [3.05, 3.63) is 89.0 Å². The van der Waals surface area contributed by atoms with E-state index in [2.05, 4.69) is 5.92 Å². The minimum atomic E-state index is -1.04. The molecular weight excluding hydrogens is 370 g/mol.